The molecule has 7 nitrogen and oxygen atoms in total. The standard InChI is InChI=1S/C23H31N3O4S2/c1-18-7-9-21(10-8-18)32(29,30)26(16-13-24-31(2,27)28)20-12-15-25-14-11-19-5-3-4-6-22(19)23(25)17-20/h3-10,20,23-24H,11-17H2,1-2H3. The molecule has 1 fully saturated rings. The van der Waals surface area contributed by atoms with Gasteiger partial charge in [0.2, 0.25) is 20.0 Å². The van der Waals surface area contributed by atoms with Crippen molar-refractivity contribution in [2.75, 3.05) is 32.4 Å². The van der Waals surface area contributed by atoms with Crippen molar-refractivity contribution in [1.29, 1.82) is 0 Å². The lowest BCUT2D eigenvalue weighted by Gasteiger charge is -2.46. The first-order valence-corrected chi connectivity index (χ1v) is 14.3. The summed E-state index contributed by atoms with van der Waals surface area (Å²) in [5.41, 5.74) is 3.60. The van der Waals surface area contributed by atoms with E-state index < -0.39 is 20.0 Å². The third-order valence-corrected chi connectivity index (χ3v) is 9.19. The smallest absolute Gasteiger partial charge is 0.243 e. The van der Waals surface area contributed by atoms with Crippen LogP contribution in [-0.4, -0.2) is 64.5 Å². The van der Waals surface area contributed by atoms with Crippen LogP contribution in [0.25, 0.3) is 0 Å². The molecule has 0 radical (unpaired) electrons. The Morgan fingerprint density at radius 3 is 2.47 bits per heavy atom. The van der Waals surface area contributed by atoms with E-state index in [9.17, 15) is 16.8 Å². The number of sulfonamides is 2. The van der Waals surface area contributed by atoms with Gasteiger partial charge >= 0.3 is 0 Å². The van der Waals surface area contributed by atoms with Gasteiger partial charge in [-0.05, 0) is 49.4 Å². The van der Waals surface area contributed by atoms with Crippen LogP contribution in [0.5, 0.6) is 0 Å². The van der Waals surface area contributed by atoms with Crippen LogP contribution in [0.4, 0.5) is 0 Å². The average Bonchev–Trinajstić information content (AvgIpc) is 2.76. The SMILES string of the molecule is Cc1ccc(S(=O)(=O)N(CCNS(C)(=O)=O)C2CCN3CCc4ccccc4C3C2)cc1. The van der Waals surface area contributed by atoms with Gasteiger partial charge in [0, 0.05) is 38.3 Å². The number of hydrogen-bond acceptors (Lipinski definition) is 5. The van der Waals surface area contributed by atoms with Crippen molar-refractivity contribution in [2.45, 2.75) is 43.2 Å². The van der Waals surface area contributed by atoms with Crippen LogP contribution < -0.4 is 4.72 Å². The van der Waals surface area contributed by atoms with E-state index in [0.29, 0.717) is 6.42 Å². The second kappa shape index (κ2) is 9.23. The Balaban J connectivity index is 1.63. The molecule has 174 valence electrons. The Morgan fingerprint density at radius 2 is 1.75 bits per heavy atom. The van der Waals surface area contributed by atoms with E-state index in [2.05, 4.69) is 27.8 Å². The third-order valence-electron chi connectivity index (χ3n) is 6.50. The number of piperidine rings is 1. The fraction of sp³-hybridized carbons (Fsp3) is 0.478. The van der Waals surface area contributed by atoms with E-state index in [1.54, 1.807) is 24.3 Å². The highest BCUT2D eigenvalue weighted by molar-refractivity contribution is 7.89. The largest absolute Gasteiger partial charge is 0.296 e. The van der Waals surface area contributed by atoms with E-state index in [1.807, 2.05) is 13.0 Å². The van der Waals surface area contributed by atoms with Gasteiger partial charge in [0.15, 0.2) is 0 Å². The van der Waals surface area contributed by atoms with Crippen molar-refractivity contribution in [3.63, 3.8) is 0 Å². The molecule has 0 aliphatic carbocycles. The maximum absolute atomic E-state index is 13.6. The van der Waals surface area contributed by atoms with Gasteiger partial charge in [-0.2, -0.15) is 4.31 Å². The fourth-order valence-electron chi connectivity index (χ4n) is 4.89. The summed E-state index contributed by atoms with van der Waals surface area (Å²) in [7, 11) is -7.18. The summed E-state index contributed by atoms with van der Waals surface area (Å²) in [6, 6.07) is 15.2. The normalized spacial score (nSPS) is 21.8. The molecular weight excluding hydrogens is 446 g/mol. The van der Waals surface area contributed by atoms with Gasteiger partial charge in [-0.3, -0.25) is 4.90 Å². The van der Waals surface area contributed by atoms with E-state index in [0.717, 1.165) is 37.8 Å². The van der Waals surface area contributed by atoms with Crippen LogP contribution in [-0.2, 0) is 26.5 Å². The monoisotopic (exact) mass is 477 g/mol. The molecule has 0 amide bonds. The molecule has 1 N–H and O–H groups in total. The Hall–Kier alpha value is -1.78. The second-order valence-corrected chi connectivity index (χ2v) is 12.5. The summed E-state index contributed by atoms with van der Waals surface area (Å²) >= 11 is 0. The van der Waals surface area contributed by atoms with E-state index in [1.165, 1.54) is 15.4 Å². The molecule has 2 unspecified atom stereocenters. The lowest BCUT2D eigenvalue weighted by Crippen LogP contribution is -2.51. The van der Waals surface area contributed by atoms with Crippen molar-refractivity contribution in [1.82, 2.24) is 13.9 Å². The van der Waals surface area contributed by atoms with Crippen molar-refractivity contribution in [2.24, 2.45) is 0 Å². The molecule has 2 aliphatic heterocycles. The van der Waals surface area contributed by atoms with Crippen LogP contribution in [0.3, 0.4) is 0 Å². The summed E-state index contributed by atoms with van der Waals surface area (Å²) < 4.78 is 54.4. The van der Waals surface area contributed by atoms with Crippen molar-refractivity contribution < 1.29 is 16.8 Å². The molecule has 0 bridgehead atoms. The highest BCUT2D eigenvalue weighted by Crippen LogP contribution is 2.39. The first kappa shape index (κ1) is 23.4. The zero-order valence-corrected chi connectivity index (χ0v) is 20.2. The molecule has 9 heteroatoms. The Morgan fingerprint density at radius 1 is 1.03 bits per heavy atom. The van der Waals surface area contributed by atoms with Crippen LogP contribution in [0, 0.1) is 6.92 Å². The summed E-state index contributed by atoms with van der Waals surface area (Å²) in [6.07, 6.45) is 3.52. The predicted molar refractivity (Wildman–Crippen MR) is 125 cm³/mol. The lowest BCUT2D eigenvalue weighted by atomic mass is 9.85. The quantitative estimate of drug-likeness (QED) is 0.661. The van der Waals surface area contributed by atoms with Crippen molar-refractivity contribution >= 4 is 20.0 Å². The van der Waals surface area contributed by atoms with E-state index >= 15 is 0 Å². The molecular formula is C23H31N3O4S2. The molecule has 0 spiro atoms. The minimum Gasteiger partial charge on any atom is -0.296 e. The summed E-state index contributed by atoms with van der Waals surface area (Å²) in [5, 5.41) is 0. The molecule has 0 aromatic heterocycles. The topological polar surface area (TPSA) is 86.8 Å². The van der Waals surface area contributed by atoms with Gasteiger partial charge in [-0.15, -0.1) is 0 Å². The number of nitrogens with one attached hydrogen (secondary N) is 1. The number of fused-ring (bicyclic) bond motifs is 3. The first-order chi connectivity index (χ1) is 15.1. The lowest BCUT2D eigenvalue weighted by molar-refractivity contribution is 0.0911. The minimum absolute atomic E-state index is 0.0470. The molecule has 2 aliphatic rings. The summed E-state index contributed by atoms with van der Waals surface area (Å²) in [5.74, 6) is 0. The fourth-order valence-corrected chi connectivity index (χ4v) is 7.01. The van der Waals surface area contributed by atoms with E-state index in [4.69, 9.17) is 0 Å². The molecule has 2 heterocycles. The van der Waals surface area contributed by atoms with Crippen molar-refractivity contribution in [3.8, 4) is 0 Å². The van der Waals surface area contributed by atoms with Gasteiger partial charge in [0.1, 0.15) is 0 Å². The molecule has 32 heavy (non-hydrogen) atoms. The summed E-state index contributed by atoms with van der Waals surface area (Å²) in [4.78, 5) is 2.69. The average molecular weight is 478 g/mol. The zero-order valence-electron chi connectivity index (χ0n) is 18.6. The molecule has 0 saturated carbocycles. The zero-order chi connectivity index (χ0) is 22.9. The van der Waals surface area contributed by atoms with Gasteiger partial charge in [-0.1, -0.05) is 42.0 Å². The van der Waals surface area contributed by atoms with Gasteiger partial charge in [-0.25, -0.2) is 21.6 Å². The highest BCUT2D eigenvalue weighted by atomic mass is 32.2. The number of nitrogens with zero attached hydrogens (tertiary/aromatic N) is 2. The Labute approximate surface area is 191 Å². The summed E-state index contributed by atoms with van der Waals surface area (Å²) in [6.45, 7) is 3.87. The second-order valence-electron chi connectivity index (χ2n) is 8.77. The molecule has 4 rings (SSSR count). The van der Waals surface area contributed by atoms with Crippen molar-refractivity contribution in [3.05, 3.63) is 65.2 Å². The van der Waals surface area contributed by atoms with Gasteiger partial charge < -0.3 is 0 Å². The molecule has 2 atom stereocenters. The highest BCUT2D eigenvalue weighted by Gasteiger charge is 2.39. The molecule has 1 saturated heterocycles. The Kier molecular flexibility index (Phi) is 6.74. The molecule has 2 aromatic rings. The maximum atomic E-state index is 13.6. The number of benzene rings is 2. The van der Waals surface area contributed by atoms with Crippen LogP contribution >= 0.6 is 0 Å². The number of hydrogen-bond donors (Lipinski definition) is 1. The maximum Gasteiger partial charge on any atom is 0.243 e. The molecule has 2 aromatic carbocycles. The number of aryl methyl sites for hydroxylation is 1. The van der Waals surface area contributed by atoms with Crippen LogP contribution in [0.15, 0.2) is 53.4 Å². The predicted octanol–water partition coefficient (Wildman–Crippen LogP) is 2.30. The third kappa shape index (κ3) is 5.07. The van der Waals surface area contributed by atoms with Crippen LogP contribution in [0.2, 0.25) is 0 Å². The van der Waals surface area contributed by atoms with E-state index in [-0.39, 0.29) is 30.1 Å². The van der Waals surface area contributed by atoms with Crippen LogP contribution in [0.1, 0.15) is 35.6 Å². The minimum atomic E-state index is -3.77. The number of rotatable bonds is 7. The van der Waals surface area contributed by atoms with Gasteiger partial charge in [0.05, 0.1) is 11.2 Å². The van der Waals surface area contributed by atoms with Gasteiger partial charge in [0.25, 0.3) is 0 Å². The Bertz CT molecular complexity index is 1160. The first-order valence-electron chi connectivity index (χ1n) is 11.0.